The highest BCUT2D eigenvalue weighted by Crippen LogP contribution is 2.21. The largest absolute Gasteiger partial charge is 0.473 e. The predicted molar refractivity (Wildman–Crippen MR) is 96.9 cm³/mol. The van der Waals surface area contributed by atoms with Crippen molar-refractivity contribution in [3.05, 3.63) is 59.9 Å². The molecule has 28 heavy (non-hydrogen) atoms. The molecule has 0 saturated heterocycles. The van der Waals surface area contributed by atoms with E-state index >= 15 is 0 Å². The minimum atomic E-state index is -0.731. The average molecular weight is 386 g/mol. The van der Waals surface area contributed by atoms with Gasteiger partial charge in [-0.2, -0.15) is 0 Å². The number of amides is 1. The highest BCUT2D eigenvalue weighted by molar-refractivity contribution is 5.94. The molecule has 0 bridgehead atoms. The van der Waals surface area contributed by atoms with Gasteiger partial charge in [0.25, 0.3) is 5.91 Å². The van der Waals surface area contributed by atoms with Crippen molar-refractivity contribution in [2.75, 3.05) is 6.61 Å². The molecule has 8 nitrogen and oxygen atoms in total. The number of pyridine rings is 2. The van der Waals surface area contributed by atoms with Crippen molar-refractivity contribution in [3.63, 3.8) is 0 Å². The van der Waals surface area contributed by atoms with Crippen molar-refractivity contribution in [1.29, 1.82) is 0 Å². The number of carbonyl (C=O) groups is 1. The van der Waals surface area contributed by atoms with Crippen LogP contribution in [0, 0.1) is 5.82 Å². The fraction of sp³-hybridized carbons (Fsp3) is 0.263. The maximum absolute atomic E-state index is 13.0. The van der Waals surface area contributed by atoms with E-state index in [1.807, 2.05) is 0 Å². The van der Waals surface area contributed by atoms with Gasteiger partial charge in [0.15, 0.2) is 0 Å². The summed E-state index contributed by atoms with van der Waals surface area (Å²) >= 11 is 0. The number of carbonyl (C=O) groups excluding carboxylic acids is 1. The Morgan fingerprint density at radius 1 is 1.25 bits per heavy atom. The standard InChI is InChI=1S/C19H19FN4O4/c1-19(2,11-25)23-18(26)12-3-6-16(22-7-12)27-9-13-10-28-24-17(13)15-5-4-14(20)8-21-15/h3-8,10,25H,9,11H2,1-2H3,(H,23,26). The van der Waals surface area contributed by atoms with Crippen LogP contribution in [0.2, 0.25) is 0 Å². The fourth-order valence-electron chi connectivity index (χ4n) is 2.26. The van der Waals surface area contributed by atoms with Gasteiger partial charge in [0.1, 0.15) is 24.4 Å². The third kappa shape index (κ3) is 4.68. The second kappa shape index (κ2) is 8.13. The van der Waals surface area contributed by atoms with Crippen molar-refractivity contribution in [2.24, 2.45) is 0 Å². The summed E-state index contributed by atoms with van der Waals surface area (Å²) < 4.78 is 23.6. The molecule has 0 aliphatic rings. The molecule has 0 saturated carbocycles. The van der Waals surface area contributed by atoms with Gasteiger partial charge in [-0.05, 0) is 32.0 Å². The first kappa shape index (κ1) is 19.4. The average Bonchev–Trinajstić information content (AvgIpc) is 3.15. The van der Waals surface area contributed by atoms with E-state index in [-0.39, 0.29) is 19.1 Å². The van der Waals surface area contributed by atoms with Crippen molar-refractivity contribution < 1.29 is 23.6 Å². The van der Waals surface area contributed by atoms with Crippen LogP contribution in [0.1, 0.15) is 29.8 Å². The molecule has 2 N–H and O–H groups in total. The van der Waals surface area contributed by atoms with Crippen LogP contribution in [-0.2, 0) is 6.61 Å². The number of hydrogen-bond donors (Lipinski definition) is 2. The SMILES string of the molecule is CC(C)(CO)NC(=O)c1ccc(OCc2conc2-c2ccc(F)cn2)nc1. The van der Waals surface area contributed by atoms with Gasteiger partial charge >= 0.3 is 0 Å². The van der Waals surface area contributed by atoms with Crippen LogP contribution in [0.5, 0.6) is 5.88 Å². The zero-order valence-electron chi connectivity index (χ0n) is 15.3. The zero-order chi connectivity index (χ0) is 20.1. The van der Waals surface area contributed by atoms with Crippen molar-refractivity contribution in [3.8, 4) is 17.3 Å². The highest BCUT2D eigenvalue weighted by atomic mass is 19.1. The topological polar surface area (TPSA) is 110 Å². The number of nitrogens with zero attached hydrogens (tertiary/aromatic N) is 3. The molecule has 3 rings (SSSR count). The maximum atomic E-state index is 13.0. The molecule has 0 aliphatic heterocycles. The van der Waals surface area contributed by atoms with Gasteiger partial charge in [-0.3, -0.25) is 9.78 Å². The van der Waals surface area contributed by atoms with E-state index in [2.05, 4.69) is 20.4 Å². The van der Waals surface area contributed by atoms with Crippen LogP contribution in [0.4, 0.5) is 4.39 Å². The summed E-state index contributed by atoms with van der Waals surface area (Å²) in [6, 6.07) is 5.91. The lowest BCUT2D eigenvalue weighted by atomic mass is 10.1. The molecule has 9 heteroatoms. The Labute approximate surface area is 160 Å². The Kier molecular flexibility index (Phi) is 5.65. The number of rotatable bonds is 7. The molecule has 0 aromatic carbocycles. The summed E-state index contributed by atoms with van der Waals surface area (Å²) in [7, 11) is 0. The first-order chi connectivity index (χ1) is 13.4. The lowest BCUT2D eigenvalue weighted by Crippen LogP contribution is -2.46. The van der Waals surface area contributed by atoms with Gasteiger partial charge in [-0.1, -0.05) is 5.16 Å². The Hall–Kier alpha value is -3.33. The number of aliphatic hydroxyl groups excluding tert-OH is 1. The number of nitrogens with one attached hydrogen (secondary N) is 1. The van der Waals surface area contributed by atoms with Crippen LogP contribution < -0.4 is 10.1 Å². The number of aliphatic hydroxyl groups is 1. The molecular weight excluding hydrogens is 367 g/mol. The summed E-state index contributed by atoms with van der Waals surface area (Å²) in [4.78, 5) is 20.2. The molecule has 0 fully saturated rings. The number of halogens is 1. The van der Waals surface area contributed by atoms with Crippen molar-refractivity contribution >= 4 is 5.91 Å². The van der Waals surface area contributed by atoms with E-state index in [1.54, 1.807) is 26.0 Å². The van der Waals surface area contributed by atoms with Crippen LogP contribution in [0.15, 0.2) is 47.4 Å². The first-order valence-electron chi connectivity index (χ1n) is 8.45. The van der Waals surface area contributed by atoms with E-state index in [0.29, 0.717) is 28.4 Å². The molecule has 0 radical (unpaired) electrons. The monoisotopic (exact) mass is 386 g/mol. The zero-order valence-corrected chi connectivity index (χ0v) is 15.3. The molecule has 3 heterocycles. The number of hydrogen-bond acceptors (Lipinski definition) is 7. The Morgan fingerprint density at radius 3 is 2.71 bits per heavy atom. The minimum Gasteiger partial charge on any atom is -0.473 e. The molecular formula is C19H19FN4O4. The van der Waals surface area contributed by atoms with Crippen LogP contribution in [0.3, 0.4) is 0 Å². The lowest BCUT2D eigenvalue weighted by molar-refractivity contribution is 0.0869. The second-order valence-corrected chi connectivity index (χ2v) is 6.72. The Bertz CT molecular complexity index is 939. The first-order valence-corrected chi connectivity index (χ1v) is 8.45. The van der Waals surface area contributed by atoms with Crippen LogP contribution in [-0.4, -0.2) is 38.3 Å². The minimum absolute atomic E-state index is 0.105. The Balaban J connectivity index is 1.64. The molecule has 0 atom stereocenters. The summed E-state index contributed by atoms with van der Waals surface area (Å²) in [6.45, 7) is 3.34. The third-order valence-electron chi connectivity index (χ3n) is 3.83. The highest BCUT2D eigenvalue weighted by Gasteiger charge is 2.20. The molecule has 3 aromatic rings. The van der Waals surface area contributed by atoms with E-state index in [1.165, 1.54) is 24.6 Å². The number of ether oxygens (including phenoxy) is 1. The molecule has 1 amide bonds. The van der Waals surface area contributed by atoms with Gasteiger partial charge in [-0.25, -0.2) is 9.37 Å². The normalized spacial score (nSPS) is 11.3. The summed E-state index contributed by atoms with van der Waals surface area (Å²) in [5.41, 5.74) is 1.13. The Morgan fingerprint density at radius 2 is 2.07 bits per heavy atom. The molecule has 3 aromatic heterocycles. The second-order valence-electron chi connectivity index (χ2n) is 6.72. The summed E-state index contributed by atoms with van der Waals surface area (Å²) in [5, 5.41) is 15.8. The summed E-state index contributed by atoms with van der Waals surface area (Å²) in [6.07, 6.45) is 3.89. The van der Waals surface area contributed by atoms with E-state index in [4.69, 9.17) is 9.26 Å². The quantitative estimate of drug-likeness (QED) is 0.641. The van der Waals surface area contributed by atoms with E-state index < -0.39 is 11.4 Å². The smallest absolute Gasteiger partial charge is 0.253 e. The van der Waals surface area contributed by atoms with Gasteiger partial charge in [0.2, 0.25) is 5.88 Å². The van der Waals surface area contributed by atoms with Crippen LogP contribution >= 0.6 is 0 Å². The maximum Gasteiger partial charge on any atom is 0.253 e. The van der Waals surface area contributed by atoms with Crippen molar-refractivity contribution in [1.82, 2.24) is 20.4 Å². The van der Waals surface area contributed by atoms with Gasteiger partial charge in [0, 0.05) is 12.3 Å². The molecule has 0 spiro atoms. The predicted octanol–water partition coefficient (Wildman–Crippen LogP) is 2.35. The third-order valence-corrected chi connectivity index (χ3v) is 3.83. The molecule has 0 unspecified atom stereocenters. The van der Waals surface area contributed by atoms with Gasteiger partial charge in [-0.15, -0.1) is 0 Å². The van der Waals surface area contributed by atoms with Crippen molar-refractivity contribution in [2.45, 2.75) is 26.0 Å². The fourth-order valence-corrected chi connectivity index (χ4v) is 2.26. The van der Waals surface area contributed by atoms with Gasteiger partial charge in [0.05, 0.1) is 35.2 Å². The van der Waals surface area contributed by atoms with Gasteiger partial charge < -0.3 is 19.7 Å². The van der Waals surface area contributed by atoms with E-state index in [0.717, 1.165) is 6.20 Å². The molecule has 0 aliphatic carbocycles. The number of aromatic nitrogens is 3. The lowest BCUT2D eigenvalue weighted by Gasteiger charge is -2.23. The van der Waals surface area contributed by atoms with E-state index in [9.17, 15) is 14.3 Å². The molecule has 146 valence electrons. The van der Waals surface area contributed by atoms with Crippen LogP contribution in [0.25, 0.3) is 11.4 Å². The summed E-state index contributed by atoms with van der Waals surface area (Å²) in [5.74, 6) is -0.486.